The molecule has 1 aromatic carbocycles. The van der Waals surface area contributed by atoms with Gasteiger partial charge >= 0.3 is 5.91 Å². The number of hydrazone groups is 1. The Morgan fingerprint density at radius 3 is 2.52 bits per heavy atom. The lowest BCUT2D eigenvalue weighted by molar-refractivity contribution is 0.0926. The number of hydrogen-bond acceptors (Lipinski definition) is 4. The summed E-state index contributed by atoms with van der Waals surface area (Å²) >= 11 is 0. The first-order chi connectivity index (χ1) is 10.1. The van der Waals surface area contributed by atoms with Crippen molar-refractivity contribution in [3.8, 4) is 5.75 Å². The van der Waals surface area contributed by atoms with Gasteiger partial charge in [0, 0.05) is 0 Å². The molecule has 1 amide bonds. The summed E-state index contributed by atoms with van der Waals surface area (Å²) in [5, 5.41) is 4.07. The Kier molecular flexibility index (Phi) is 4.77. The van der Waals surface area contributed by atoms with Crippen LogP contribution >= 0.6 is 0 Å². The summed E-state index contributed by atoms with van der Waals surface area (Å²) < 4.78 is 10.6. The number of carbonyl (C=O) groups excluding carboxylic acids is 1. The average molecular weight is 286 g/mol. The van der Waals surface area contributed by atoms with Crippen molar-refractivity contribution >= 4 is 11.6 Å². The quantitative estimate of drug-likeness (QED) is 0.678. The van der Waals surface area contributed by atoms with Gasteiger partial charge in [0.1, 0.15) is 11.5 Å². The van der Waals surface area contributed by atoms with Gasteiger partial charge in [0.15, 0.2) is 5.76 Å². The minimum atomic E-state index is -0.367. The lowest BCUT2D eigenvalue weighted by Gasteiger charge is -2.05. The SMILES string of the molecule is CCOc1ccc(C(C)=NNC(=O)c2ccc(C)o2)cc1. The zero-order valence-electron chi connectivity index (χ0n) is 12.3. The standard InChI is InChI=1S/C16H18N2O3/c1-4-20-14-8-6-13(7-9-14)12(3)17-18-16(19)15-10-5-11(2)21-15/h5-10H,4H2,1-3H3,(H,18,19). The van der Waals surface area contributed by atoms with E-state index in [-0.39, 0.29) is 11.7 Å². The lowest BCUT2D eigenvalue weighted by Crippen LogP contribution is -2.18. The predicted molar refractivity (Wildman–Crippen MR) is 80.7 cm³/mol. The van der Waals surface area contributed by atoms with Crippen molar-refractivity contribution in [1.82, 2.24) is 5.43 Å². The molecule has 0 unspecified atom stereocenters. The van der Waals surface area contributed by atoms with E-state index >= 15 is 0 Å². The van der Waals surface area contributed by atoms with Gasteiger partial charge in [-0.05, 0) is 62.7 Å². The fourth-order valence-electron chi connectivity index (χ4n) is 1.77. The van der Waals surface area contributed by atoms with Gasteiger partial charge < -0.3 is 9.15 Å². The van der Waals surface area contributed by atoms with Crippen molar-refractivity contribution in [1.29, 1.82) is 0 Å². The number of amides is 1. The number of aryl methyl sites for hydroxylation is 1. The van der Waals surface area contributed by atoms with Crippen LogP contribution in [0.1, 0.15) is 35.7 Å². The molecule has 21 heavy (non-hydrogen) atoms. The van der Waals surface area contributed by atoms with E-state index in [4.69, 9.17) is 9.15 Å². The Hall–Kier alpha value is -2.56. The third-order valence-corrected chi connectivity index (χ3v) is 2.87. The Balaban J connectivity index is 2.01. The Bertz CT molecular complexity index is 642. The van der Waals surface area contributed by atoms with Crippen LogP contribution < -0.4 is 10.2 Å². The van der Waals surface area contributed by atoms with Crippen molar-refractivity contribution in [2.75, 3.05) is 6.61 Å². The second-order valence-corrected chi connectivity index (χ2v) is 4.51. The summed E-state index contributed by atoms with van der Waals surface area (Å²) in [4.78, 5) is 11.8. The van der Waals surface area contributed by atoms with Crippen LogP contribution in [0.15, 0.2) is 45.9 Å². The predicted octanol–water partition coefficient (Wildman–Crippen LogP) is 3.14. The van der Waals surface area contributed by atoms with Gasteiger partial charge in [0.05, 0.1) is 12.3 Å². The summed E-state index contributed by atoms with van der Waals surface area (Å²) in [6.07, 6.45) is 0. The van der Waals surface area contributed by atoms with Gasteiger partial charge in [0.2, 0.25) is 0 Å². The second kappa shape index (κ2) is 6.74. The fourth-order valence-corrected chi connectivity index (χ4v) is 1.77. The number of furan rings is 1. The van der Waals surface area contributed by atoms with E-state index < -0.39 is 0 Å². The number of hydrogen-bond donors (Lipinski definition) is 1. The van der Waals surface area contributed by atoms with Gasteiger partial charge in [-0.1, -0.05) is 0 Å². The van der Waals surface area contributed by atoms with Crippen LogP contribution in [0.25, 0.3) is 0 Å². The maximum absolute atomic E-state index is 11.8. The molecule has 0 atom stereocenters. The van der Waals surface area contributed by atoms with Gasteiger partial charge in [-0.2, -0.15) is 5.10 Å². The number of carbonyl (C=O) groups is 1. The highest BCUT2D eigenvalue weighted by molar-refractivity contribution is 6.00. The summed E-state index contributed by atoms with van der Waals surface area (Å²) in [7, 11) is 0. The Labute approximate surface area is 123 Å². The summed E-state index contributed by atoms with van der Waals surface area (Å²) in [6, 6.07) is 10.9. The van der Waals surface area contributed by atoms with E-state index in [0.717, 1.165) is 11.3 Å². The molecule has 0 saturated heterocycles. The Morgan fingerprint density at radius 1 is 1.24 bits per heavy atom. The zero-order valence-corrected chi connectivity index (χ0v) is 12.3. The molecule has 0 saturated carbocycles. The first kappa shape index (κ1) is 14.8. The zero-order chi connectivity index (χ0) is 15.2. The third-order valence-electron chi connectivity index (χ3n) is 2.87. The molecule has 2 rings (SSSR count). The number of rotatable bonds is 5. The number of nitrogens with zero attached hydrogens (tertiary/aromatic N) is 1. The minimum Gasteiger partial charge on any atom is -0.494 e. The molecule has 0 radical (unpaired) electrons. The van der Waals surface area contributed by atoms with Crippen molar-refractivity contribution in [3.63, 3.8) is 0 Å². The topological polar surface area (TPSA) is 63.8 Å². The Morgan fingerprint density at radius 2 is 1.95 bits per heavy atom. The molecule has 0 fully saturated rings. The van der Waals surface area contributed by atoms with Crippen LogP contribution in [0.4, 0.5) is 0 Å². The van der Waals surface area contributed by atoms with Crippen molar-refractivity contribution in [3.05, 3.63) is 53.5 Å². The summed E-state index contributed by atoms with van der Waals surface area (Å²) in [6.45, 7) is 6.17. The molecule has 0 aliphatic carbocycles. The van der Waals surface area contributed by atoms with E-state index in [2.05, 4.69) is 10.5 Å². The van der Waals surface area contributed by atoms with Gasteiger partial charge in [-0.3, -0.25) is 4.79 Å². The van der Waals surface area contributed by atoms with Crippen LogP contribution in [0.5, 0.6) is 5.75 Å². The largest absolute Gasteiger partial charge is 0.494 e. The average Bonchev–Trinajstić information content (AvgIpc) is 2.92. The van der Waals surface area contributed by atoms with Crippen molar-refractivity contribution in [2.45, 2.75) is 20.8 Å². The molecule has 110 valence electrons. The van der Waals surface area contributed by atoms with Crippen LogP contribution in [0.2, 0.25) is 0 Å². The summed E-state index contributed by atoms with van der Waals surface area (Å²) in [5.41, 5.74) is 4.09. The van der Waals surface area contributed by atoms with Crippen LogP contribution in [0.3, 0.4) is 0 Å². The van der Waals surface area contributed by atoms with E-state index in [1.54, 1.807) is 19.1 Å². The smallest absolute Gasteiger partial charge is 0.307 e. The van der Waals surface area contributed by atoms with Gasteiger partial charge in [-0.25, -0.2) is 5.43 Å². The molecular weight excluding hydrogens is 268 g/mol. The highest BCUT2D eigenvalue weighted by Crippen LogP contribution is 2.12. The summed E-state index contributed by atoms with van der Waals surface area (Å²) in [5.74, 6) is 1.38. The molecule has 0 aliphatic rings. The normalized spacial score (nSPS) is 11.3. The molecule has 5 heteroatoms. The van der Waals surface area contributed by atoms with Gasteiger partial charge in [-0.15, -0.1) is 0 Å². The highest BCUT2D eigenvalue weighted by atomic mass is 16.5. The molecule has 0 bridgehead atoms. The fraction of sp³-hybridized carbons (Fsp3) is 0.250. The molecule has 1 aromatic heterocycles. The van der Waals surface area contributed by atoms with E-state index in [1.807, 2.05) is 38.1 Å². The maximum Gasteiger partial charge on any atom is 0.307 e. The molecular formula is C16H18N2O3. The lowest BCUT2D eigenvalue weighted by atomic mass is 10.1. The highest BCUT2D eigenvalue weighted by Gasteiger charge is 2.09. The van der Waals surface area contributed by atoms with E-state index in [0.29, 0.717) is 18.1 Å². The second-order valence-electron chi connectivity index (χ2n) is 4.51. The molecule has 1 heterocycles. The molecule has 1 N–H and O–H groups in total. The van der Waals surface area contributed by atoms with Gasteiger partial charge in [0.25, 0.3) is 0 Å². The van der Waals surface area contributed by atoms with Crippen LogP contribution in [-0.2, 0) is 0 Å². The molecule has 0 spiro atoms. The molecule has 5 nitrogen and oxygen atoms in total. The van der Waals surface area contributed by atoms with E-state index in [9.17, 15) is 4.79 Å². The molecule has 2 aromatic rings. The van der Waals surface area contributed by atoms with Crippen LogP contribution in [-0.4, -0.2) is 18.2 Å². The first-order valence-electron chi connectivity index (χ1n) is 6.74. The van der Waals surface area contributed by atoms with Crippen molar-refractivity contribution in [2.24, 2.45) is 5.10 Å². The number of benzene rings is 1. The molecule has 0 aliphatic heterocycles. The number of ether oxygens (including phenoxy) is 1. The minimum absolute atomic E-state index is 0.246. The van der Waals surface area contributed by atoms with Crippen molar-refractivity contribution < 1.29 is 13.9 Å². The monoisotopic (exact) mass is 286 g/mol. The van der Waals surface area contributed by atoms with Crippen LogP contribution in [0, 0.1) is 6.92 Å². The third kappa shape index (κ3) is 3.95. The maximum atomic E-state index is 11.8. The number of nitrogens with one attached hydrogen (secondary N) is 1. The van der Waals surface area contributed by atoms with E-state index in [1.165, 1.54) is 0 Å². The first-order valence-corrected chi connectivity index (χ1v) is 6.74.